The van der Waals surface area contributed by atoms with Gasteiger partial charge in [-0.15, -0.1) is 10.2 Å². The minimum absolute atomic E-state index is 0.0479. The summed E-state index contributed by atoms with van der Waals surface area (Å²) in [5.41, 5.74) is 2.23. The molecule has 0 radical (unpaired) electrons. The van der Waals surface area contributed by atoms with Gasteiger partial charge in [0.2, 0.25) is 5.82 Å². The number of benzene rings is 1. The van der Waals surface area contributed by atoms with Crippen molar-refractivity contribution < 1.29 is 35.9 Å². The molecule has 34 heavy (non-hydrogen) atoms. The average molecular weight is 494 g/mol. The van der Waals surface area contributed by atoms with E-state index in [9.17, 15) is 31.1 Å². The minimum atomic E-state index is -5.75. The Morgan fingerprint density at radius 1 is 1.21 bits per heavy atom. The van der Waals surface area contributed by atoms with E-state index in [1.807, 2.05) is 44.0 Å². The second-order valence-corrected chi connectivity index (χ2v) is 8.58. The first-order valence-electron chi connectivity index (χ1n) is 10.3. The third-order valence-corrected chi connectivity index (χ3v) is 6.09. The van der Waals surface area contributed by atoms with Gasteiger partial charge in [-0.25, -0.2) is 4.79 Å². The van der Waals surface area contributed by atoms with E-state index < -0.39 is 30.1 Å². The zero-order valence-corrected chi connectivity index (χ0v) is 18.7. The van der Waals surface area contributed by atoms with Gasteiger partial charge in [-0.1, -0.05) is 17.7 Å². The van der Waals surface area contributed by atoms with E-state index >= 15 is 0 Å². The quantitative estimate of drug-likeness (QED) is 0.631. The molecule has 0 atom stereocenters. The number of likely N-dealkylation sites (tertiary alicyclic amines) is 1. The first-order valence-corrected chi connectivity index (χ1v) is 10.3. The molecule has 1 saturated heterocycles. The molecule has 0 aliphatic carbocycles. The Balaban J connectivity index is 1.66. The highest BCUT2D eigenvalue weighted by Gasteiger charge is 2.60. The van der Waals surface area contributed by atoms with E-state index in [-0.39, 0.29) is 13.1 Å². The lowest BCUT2D eigenvalue weighted by Crippen LogP contribution is -2.54. The van der Waals surface area contributed by atoms with E-state index in [0.717, 1.165) is 21.6 Å². The van der Waals surface area contributed by atoms with Crippen molar-refractivity contribution in [2.24, 2.45) is 0 Å². The fraction of sp³-hybridized carbons (Fsp3) is 0.600. The molecule has 2 aromatic rings. The highest BCUT2D eigenvalue weighted by atomic mass is 19.4. The lowest BCUT2D eigenvalue weighted by molar-refractivity contribution is -0.308. The van der Waals surface area contributed by atoms with Crippen molar-refractivity contribution in [2.45, 2.75) is 57.2 Å². The Labute approximate surface area is 191 Å². The fourth-order valence-electron chi connectivity index (χ4n) is 3.81. The van der Waals surface area contributed by atoms with Gasteiger partial charge < -0.3 is 9.64 Å². The largest absolute Gasteiger partial charge is 0.434 e. The van der Waals surface area contributed by atoms with Gasteiger partial charge in [0.1, 0.15) is 0 Å². The summed E-state index contributed by atoms with van der Waals surface area (Å²) in [6, 6.07) is 5.79. The number of carbonyl (C=O) groups excluding carboxylic acids is 1. The topological polar surface area (TPSA) is 87.2 Å². The number of rotatable bonds is 5. The van der Waals surface area contributed by atoms with E-state index in [0.29, 0.717) is 25.2 Å². The molecule has 3 rings (SSSR count). The number of H-pyrrole nitrogens is 1. The molecule has 0 spiro atoms. The summed E-state index contributed by atoms with van der Waals surface area (Å²) < 4.78 is 80.0. The summed E-state index contributed by atoms with van der Waals surface area (Å²) >= 11 is 0. The predicted molar refractivity (Wildman–Crippen MR) is 107 cm³/mol. The van der Waals surface area contributed by atoms with E-state index in [1.54, 1.807) is 0 Å². The Hall–Kier alpha value is -2.90. The molecular weight excluding hydrogens is 470 g/mol. The number of alkyl halides is 6. The number of aryl methyl sites for hydroxylation is 1. The third-order valence-electron chi connectivity index (χ3n) is 6.09. The lowest BCUT2D eigenvalue weighted by atomic mass is 9.87. The summed E-state index contributed by atoms with van der Waals surface area (Å²) in [4.78, 5) is 14.9. The molecule has 1 N–H and O–H groups in total. The second kappa shape index (κ2) is 9.39. The maximum absolute atomic E-state index is 12.7. The molecule has 1 aromatic carbocycles. The van der Waals surface area contributed by atoms with Crippen LogP contribution in [0.25, 0.3) is 11.4 Å². The molecule has 0 unspecified atom stereocenters. The van der Waals surface area contributed by atoms with Crippen LogP contribution in [0.1, 0.15) is 30.9 Å². The van der Waals surface area contributed by atoms with Gasteiger partial charge >= 0.3 is 18.4 Å². The molecule has 1 amide bonds. The number of carbonyl (C=O) groups is 1. The highest BCUT2D eigenvalue weighted by Crippen LogP contribution is 2.37. The molecular formula is C20H24F6N6O2. The monoisotopic (exact) mass is 494 g/mol. The Bertz CT molecular complexity index is 972. The van der Waals surface area contributed by atoms with Gasteiger partial charge in [0.05, 0.1) is 0 Å². The standard InChI is InChI=1S/C20H24F6N6O2/c1-12-4-5-13(14(10-12)15-27-29-30-28-15)11-31(3)18(2)6-8-32(9-7-18)17(33)34-16(19(21,22)23)20(24,25)26/h4-5,10,16H,6-9,11H2,1-3H3,(H,27,28,29,30). The van der Waals surface area contributed by atoms with Gasteiger partial charge in [0, 0.05) is 30.7 Å². The molecule has 188 valence electrons. The molecule has 1 aliphatic heterocycles. The lowest BCUT2D eigenvalue weighted by Gasteiger charge is -2.45. The van der Waals surface area contributed by atoms with Crippen LogP contribution in [0.2, 0.25) is 0 Å². The number of nitrogens with zero attached hydrogens (tertiary/aromatic N) is 5. The summed E-state index contributed by atoms with van der Waals surface area (Å²) in [6.07, 6.45) is -16.6. The SMILES string of the molecule is Cc1ccc(CN(C)C2(C)CCN(C(=O)OC(C(F)(F)F)C(F)(F)F)CC2)c(-c2nn[nH]n2)c1. The van der Waals surface area contributed by atoms with Crippen LogP contribution in [0.5, 0.6) is 0 Å². The van der Waals surface area contributed by atoms with Crippen LogP contribution in [-0.4, -0.2) is 80.6 Å². The fourth-order valence-corrected chi connectivity index (χ4v) is 3.81. The van der Waals surface area contributed by atoms with Crippen molar-refractivity contribution >= 4 is 6.09 Å². The van der Waals surface area contributed by atoms with Crippen LogP contribution < -0.4 is 0 Å². The summed E-state index contributed by atoms with van der Waals surface area (Å²) in [7, 11) is 1.86. The van der Waals surface area contributed by atoms with Crippen LogP contribution in [0.15, 0.2) is 18.2 Å². The number of tetrazole rings is 1. The Kier molecular flexibility index (Phi) is 7.10. The Morgan fingerprint density at radius 3 is 2.35 bits per heavy atom. The molecule has 14 heteroatoms. The minimum Gasteiger partial charge on any atom is -0.426 e. The maximum Gasteiger partial charge on any atom is 0.434 e. The number of piperidine rings is 1. The van der Waals surface area contributed by atoms with Crippen LogP contribution in [-0.2, 0) is 11.3 Å². The zero-order valence-electron chi connectivity index (χ0n) is 18.7. The van der Waals surface area contributed by atoms with Crippen LogP contribution in [0, 0.1) is 6.92 Å². The Morgan fingerprint density at radius 2 is 1.82 bits per heavy atom. The van der Waals surface area contributed by atoms with Crippen molar-refractivity contribution in [3.63, 3.8) is 0 Å². The number of aromatic nitrogens is 4. The van der Waals surface area contributed by atoms with Crippen molar-refractivity contribution in [3.8, 4) is 11.4 Å². The smallest absolute Gasteiger partial charge is 0.426 e. The average Bonchev–Trinajstić information content (AvgIpc) is 3.26. The van der Waals surface area contributed by atoms with Gasteiger partial charge in [-0.2, -0.15) is 31.6 Å². The normalized spacial score (nSPS) is 16.9. The molecule has 0 saturated carbocycles. The van der Waals surface area contributed by atoms with Gasteiger partial charge in [-0.05, 0) is 50.6 Å². The number of ether oxygens (including phenoxy) is 1. The summed E-state index contributed by atoms with van der Waals surface area (Å²) in [5, 5.41) is 14.1. The first kappa shape index (κ1) is 25.7. The number of nitrogens with one attached hydrogen (secondary N) is 1. The number of halogens is 6. The number of hydrogen-bond acceptors (Lipinski definition) is 6. The molecule has 1 aliphatic rings. The molecule has 1 aromatic heterocycles. The molecule has 0 bridgehead atoms. The van der Waals surface area contributed by atoms with E-state index in [4.69, 9.17) is 0 Å². The van der Waals surface area contributed by atoms with E-state index in [1.165, 1.54) is 0 Å². The third kappa shape index (κ3) is 5.77. The van der Waals surface area contributed by atoms with Crippen molar-refractivity contribution in [1.29, 1.82) is 0 Å². The number of amides is 1. The first-order chi connectivity index (χ1) is 15.7. The van der Waals surface area contributed by atoms with Crippen LogP contribution >= 0.6 is 0 Å². The molecule has 1 fully saturated rings. The zero-order chi connectivity index (χ0) is 25.3. The molecule has 8 nitrogen and oxygen atoms in total. The van der Waals surface area contributed by atoms with Crippen molar-refractivity contribution in [2.75, 3.05) is 20.1 Å². The van der Waals surface area contributed by atoms with Crippen LogP contribution in [0.3, 0.4) is 0 Å². The van der Waals surface area contributed by atoms with Crippen molar-refractivity contribution in [3.05, 3.63) is 29.3 Å². The summed E-state index contributed by atoms with van der Waals surface area (Å²) in [5.74, 6) is 0.429. The van der Waals surface area contributed by atoms with E-state index in [2.05, 4.69) is 25.4 Å². The summed E-state index contributed by atoms with van der Waals surface area (Å²) in [6.45, 7) is 4.22. The second-order valence-electron chi connectivity index (χ2n) is 8.58. The van der Waals surface area contributed by atoms with Crippen LogP contribution in [0.4, 0.5) is 31.1 Å². The molecule has 2 heterocycles. The van der Waals surface area contributed by atoms with Gasteiger partial charge in [0.15, 0.2) is 0 Å². The van der Waals surface area contributed by atoms with Gasteiger partial charge in [0.25, 0.3) is 6.10 Å². The van der Waals surface area contributed by atoms with Crippen molar-refractivity contribution in [1.82, 2.24) is 30.4 Å². The maximum atomic E-state index is 12.7. The number of hydrogen-bond donors (Lipinski definition) is 1. The van der Waals surface area contributed by atoms with Gasteiger partial charge in [-0.3, -0.25) is 4.90 Å². The predicted octanol–water partition coefficient (Wildman–Crippen LogP) is 4.09. The highest BCUT2D eigenvalue weighted by molar-refractivity contribution is 5.68. The number of aromatic amines is 1.